The van der Waals surface area contributed by atoms with Crippen molar-refractivity contribution in [3.05, 3.63) is 59.8 Å². The van der Waals surface area contributed by atoms with Gasteiger partial charge in [-0.05, 0) is 31.0 Å². The number of hydrogen-bond donors (Lipinski definition) is 1. The Hall–Kier alpha value is -3.43. The van der Waals surface area contributed by atoms with E-state index in [9.17, 15) is 4.79 Å². The molecule has 32 heavy (non-hydrogen) atoms. The minimum atomic E-state index is -0.310. The summed E-state index contributed by atoms with van der Waals surface area (Å²) in [6.45, 7) is 1.32. The fraction of sp³-hybridized carbons (Fsp3) is 0.273. The molecular formula is C22H21ClN6O3. The van der Waals surface area contributed by atoms with Crippen LogP contribution in [0.15, 0.2) is 49.2 Å². The number of ether oxygens (including phenoxy) is 2. The van der Waals surface area contributed by atoms with E-state index in [2.05, 4.69) is 15.4 Å². The Morgan fingerprint density at radius 3 is 3.06 bits per heavy atom. The van der Waals surface area contributed by atoms with Crippen molar-refractivity contribution >= 4 is 28.7 Å². The Labute approximate surface area is 188 Å². The van der Waals surface area contributed by atoms with Gasteiger partial charge in [-0.3, -0.25) is 14.5 Å². The first-order chi connectivity index (χ1) is 15.6. The maximum atomic E-state index is 13.2. The van der Waals surface area contributed by atoms with Gasteiger partial charge in [0.1, 0.15) is 11.4 Å². The second-order valence-corrected chi connectivity index (χ2v) is 7.94. The average molecular weight is 453 g/mol. The van der Waals surface area contributed by atoms with Crippen molar-refractivity contribution in [1.82, 2.24) is 24.4 Å². The van der Waals surface area contributed by atoms with Crippen molar-refractivity contribution < 1.29 is 14.3 Å². The molecule has 1 amide bonds. The van der Waals surface area contributed by atoms with Crippen molar-refractivity contribution in [3.63, 3.8) is 0 Å². The molecule has 4 heterocycles. The summed E-state index contributed by atoms with van der Waals surface area (Å²) in [5, 5.41) is 12.6. The van der Waals surface area contributed by atoms with Crippen LogP contribution in [0.1, 0.15) is 29.2 Å². The first-order valence-corrected chi connectivity index (χ1v) is 10.6. The van der Waals surface area contributed by atoms with Gasteiger partial charge in [0.2, 0.25) is 0 Å². The van der Waals surface area contributed by atoms with Crippen LogP contribution >= 0.6 is 11.6 Å². The highest BCUT2D eigenvalue weighted by Crippen LogP contribution is 2.37. The Bertz CT molecular complexity index is 1280. The molecule has 0 radical (unpaired) electrons. The smallest absolute Gasteiger partial charge is 0.259 e. The zero-order chi connectivity index (χ0) is 22.1. The molecule has 0 spiro atoms. The highest BCUT2D eigenvalue weighted by atomic mass is 35.5. The summed E-state index contributed by atoms with van der Waals surface area (Å²) in [6.07, 6.45) is 10.2. The lowest BCUT2D eigenvalue weighted by molar-refractivity contribution is 0.0550. The molecule has 10 heteroatoms. The monoisotopic (exact) mass is 452 g/mol. The van der Waals surface area contributed by atoms with Gasteiger partial charge in [-0.15, -0.1) is 0 Å². The second kappa shape index (κ2) is 8.60. The molecule has 0 aliphatic carbocycles. The van der Waals surface area contributed by atoms with Crippen LogP contribution in [0.25, 0.3) is 16.8 Å². The summed E-state index contributed by atoms with van der Waals surface area (Å²) in [6, 6.07) is 5.39. The summed E-state index contributed by atoms with van der Waals surface area (Å²) >= 11 is 6.27. The number of hydrogen-bond acceptors (Lipinski definition) is 6. The van der Waals surface area contributed by atoms with Gasteiger partial charge in [0.05, 0.1) is 48.9 Å². The quantitative estimate of drug-likeness (QED) is 0.494. The fourth-order valence-electron chi connectivity index (χ4n) is 3.87. The number of anilines is 1. The molecule has 9 nitrogen and oxygen atoms in total. The number of halogens is 1. The largest absolute Gasteiger partial charge is 0.496 e. The summed E-state index contributed by atoms with van der Waals surface area (Å²) in [4.78, 5) is 17.3. The molecule has 164 valence electrons. The van der Waals surface area contributed by atoms with E-state index in [-0.39, 0.29) is 11.9 Å². The van der Waals surface area contributed by atoms with Crippen LogP contribution in [0.4, 0.5) is 5.69 Å². The van der Waals surface area contributed by atoms with Crippen LogP contribution in [0, 0.1) is 0 Å². The Morgan fingerprint density at radius 1 is 1.34 bits per heavy atom. The van der Waals surface area contributed by atoms with E-state index in [0.29, 0.717) is 45.4 Å². The molecular weight excluding hydrogens is 432 g/mol. The molecule has 3 aromatic heterocycles. The molecule has 1 N–H and O–H groups in total. The van der Waals surface area contributed by atoms with Crippen LogP contribution in [0.3, 0.4) is 0 Å². The van der Waals surface area contributed by atoms with E-state index in [1.165, 1.54) is 6.20 Å². The number of amides is 1. The number of methoxy groups -OCH3 is 1. The fourth-order valence-corrected chi connectivity index (χ4v) is 4.04. The minimum absolute atomic E-state index is 0.0829. The number of aromatic nitrogens is 5. The number of carbonyl (C=O) groups excluding carboxylic acids is 1. The number of nitrogens with one attached hydrogen (secondary N) is 1. The van der Waals surface area contributed by atoms with E-state index in [1.807, 2.05) is 10.9 Å². The zero-order valence-corrected chi connectivity index (χ0v) is 18.1. The van der Waals surface area contributed by atoms with Crippen LogP contribution in [0.5, 0.6) is 5.75 Å². The lowest BCUT2D eigenvalue weighted by Gasteiger charge is -2.22. The molecule has 1 aliphatic heterocycles. The van der Waals surface area contributed by atoms with Crippen LogP contribution in [0.2, 0.25) is 5.02 Å². The second-order valence-electron chi connectivity index (χ2n) is 7.51. The molecule has 0 bridgehead atoms. The lowest BCUT2D eigenvalue weighted by atomic mass is 10.1. The highest BCUT2D eigenvalue weighted by molar-refractivity contribution is 6.31. The molecule has 1 fully saturated rings. The van der Waals surface area contributed by atoms with E-state index >= 15 is 0 Å². The van der Waals surface area contributed by atoms with Gasteiger partial charge in [-0.2, -0.15) is 10.2 Å². The number of nitrogens with zero attached hydrogens (tertiary/aromatic N) is 5. The van der Waals surface area contributed by atoms with Crippen LogP contribution in [-0.2, 0) is 4.74 Å². The van der Waals surface area contributed by atoms with Crippen molar-refractivity contribution in [2.45, 2.75) is 18.9 Å². The molecule has 1 aliphatic rings. The summed E-state index contributed by atoms with van der Waals surface area (Å²) < 4.78 is 14.6. The predicted octanol–water partition coefficient (Wildman–Crippen LogP) is 3.86. The van der Waals surface area contributed by atoms with Gasteiger partial charge in [0.25, 0.3) is 5.91 Å². The molecule has 5 rings (SSSR count). The Morgan fingerprint density at radius 2 is 2.25 bits per heavy atom. The van der Waals surface area contributed by atoms with Gasteiger partial charge < -0.3 is 14.8 Å². The van der Waals surface area contributed by atoms with Gasteiger partial charge >= 0.3 is 0 Å². The number of rotatable bonds is 5. The lowest BCUT2D eigenvalue weighted by Crippen LogP contribution is -2.21. The van der Waals surface area contributed by atoms with Gasteiger partial charge in [-0.1, -0.05) is 11.6 Å². The summed E-state index contributed by atoms with van der Waals surface area (Å²) in [7, 11) is 1.59. The van der Waals surface area contributed by atoms with E-state index in [1.54, 1.807) is 48.4 Å². The van der Waals surface area contributed by atoms with Crippen molar-refractivity contribution in [1.29, 1.82) is 0 Å². The van der Waals surface area contributed by atoms with E-state index in [4.69, 9.17) is 26.2 Å². The van der Waals surface area contributed by atoms with E-state index in [0.717, 1.165) is 19.4 Å². The SMILES string of the molecule is COc1ccc(Cl)cc1-c1nn(C2CCCOC2)cc1NC(=O)c1cnn2ccncc12. The number of carbonyl (C=O) groups is 1. The number of benzene rings is 1. The highest BCUT2D eigenvalue weighted by Gasteiger charge is 2.24. The van der Waals surface area contributed by atoms with Crippen LogP contribution in [-0.4, -0.2) is 50.6 Å². The first kappa shape index (κ1) is 20.5. The minimum Gasteiger partial charge on any atom is -0.496 e. The third-order valence-electron chi connectivity index (χ3n) is 5.48. The van der Waals surface area contributed by atoms with Gasteiger partial charge in [0, 0.05) is 35.8 Å². The van der Waals surface area contributed by atoms with Gasteiger partial charge in [0.15, 0.2) is 0 Å². The standard InChI is InChI=1S/C22H21ClN6O3/c1-31-20-5-4-14(23)9-16(20)21-18(12-29(27-21)15-3-2-8-32-13-15)26-22(30)17-10-25-28-7-6-24-11-19(17)28/h4-7,9-12,15H,2-3,8,13H2,1H3,(H,26,30). The van der Waals surface area contributed by atoms with Crippen LogP contribution < -0.4 is 10.1 Å². The molecule has 0 saturated carbocycles. The number of fused-ring (bicyclic) bond motifs is 1. The molecule has 1 unspecified atom stereocenters. The Balaban J connectivity index is 1.56. The topological polar surface area (TPSA) is 95.6 Å². The normalized spacial score (nSPS) is 16.2. The first-order valence-electron chi connectivity index (χ1n) is 10.2. The third-order valence-corrected chi connectivity index (χ3v) is 5.71. The van der Waals surface area contributed by atoms with Crippen molar-refractivity contribution in [2.24, 2.45) is 0 Å². The average Bonchev–Trinajstić information content (AvgIpc) is 3.44. The summed E-state index contributed by atoms with van der Waals surface area (Å²) in [5.41, 5.74) is 2.82. The molecule has 1 aromatic carbocycles. The summed E-state index contributed by atoms with van der Waals surface area (Å²) in [5.74, 6) is 0.296. The maximum absolute atomic E-state index is 13.2. The zero-order valence-electron chi connectivity index (χ0n) is 17.4. The predicted molar refractivity (Wildman–Crippen MR) is 119 cm³/mol. The van der Waals surface area contributed by atoms with Crippen molar-refractivity contribution in [3.8, 4) is 17.0 Å². The van der Waals surface area contributed by atoms with E-state index < -0.39 is 0 Å². The maximum Gasteiger partial charge on any atom is 0.259 e. The molecule has 1 saturated heterocycles. The van der Waals surface area contributed by atoms with Gasteiger partial charge in [-0.25, -0.2) is 4.52 Å². The molecule has 4 aromatic rings. The van der Waals surface area contributed by atoms with Crippen molar-refractivity contribution in [2.75, 3.05) is 25.6 Å². The molecule has 1 atom stereocenters. The Kier molecular flexibility index (Phi) is 5.50. The third kappa shape index (κ3) is 3.80.